The van der Waals surface area contributed by atoms with Crippen molar-refractivity contribution in [1.29, 1.82) is 0 Å². The maximum Gasteiger partial charge on any atom is 0.573 e. The minimum Gasteiger partial charge on any atom is -0.507 e. The Kier molecular flexibility index (Phi) is 6.45. The Hall–Kier alpha value is -4.34. The van der Waals surface area contributed by atoms with Gasteiger partial charge in [-0.1, -0.05) is 12.1 Å². The van der Waals surface area contributed by atoms with E-state index in [4.69, 9.17) is 4.74 Å². The quantitative estimate of drug-likeness (QED) is 0.294. The highest BCUT2D eigenvalue weighted by Crippen LogP contribution is 2.44. The number of alkyl halides is 3. The molecule has 1 atom stereocenters. The molecule has 2 heterocycles. The predicted molar refractivity (Wildman–Crippen MR) is 125 cm³/mol. The number of benzene rings is 2. The molecule has 2 aromatic carbocycles. The Morgan fingerprint density at radius 2 is 1.75 bits per heavy atom. The number of hydrogen-bond donors (Lipinski definition) is 1. The number of hydrogen-bond acceptors (Lipinski definition) is 6. The number of amides is 1. The van der Waals surface area contributed by atoms with Gasteiger partial charge in [0.1, 0.15) is 17.3 Å². The average molecular weight is 498 g/mol. The molecule has 36 heavy (non-hydrogen) atoms. The van der Waals surface area contributed by atoms with Crippen molar-refractivity contribution in [3.05, 3.63) is 88.8 Å². The summed E-state index contributed by atoms with van der Waals surface area (Å²) in [4.78, 5) is 31.5. The minimum absolute atomic E-state index is 0.0212. The molecule has 1 aromatic heterocycles. The van der Waals surface area contributed by atoms with Crippen LogP contribution in [0, 0.1) is 13.8 Å². The Bertz CT molecular complexity index is 1370. The van der Waals surface area contributed by atoms with Gasteiger partial charge in [-0.05, 0) is 60.9 Å². The number of rotatable bonds is 5. The number of Topliss-reactive ketones (excluding diaryl/α,β-unsaturated/α-hetero) is 1. The van der Waals surface area contributed by atoms with Crippen molar-refractivity contribution < 1.29 is 37.3 Å². The van der Waals surface area contributed by atoms with E-state index in [1.165, 1.54) is 31.6 Å². The summed E-state index contributed by atoms with van der Waals surface area (Å²) in [6, 6.07) is 10.1. The molecule has 1 saturated heterocycles. The van der Waals surface area contributed by atoms with Gasteiger partial charge >= 0.3 is 6.36 Å². The van der Waals surface area contributed by atoms with E-state index in [9.17, 15) is 27.9 Å². The smallest absolute Gasteiger partial charge is 0.507 e. The van der Waals surface area contributed by atoms with Crippen LogP contribution in [0.2, 0.25) is 0 Å². The zero-order valence-corrected chi connectivity index (χ0v) is 19.5. The summed E-state index contributed by atoms with van der Waals surface area (Å²) in [5.74, 6) is -2.74. The van der Waals surface area contributed by atoms with Gasteiger partial charge in [0.25, 0.3) is 11.7 Å². The van der Waals surface area contributed by atoms with E-state index in [-0.39, 0.29) is 16.8 Å². The van der Waals surface area contributed by atoms with Crippen LogP contribution in [0.5, 0.6) is 11.5 Å². The topological polar surface area (TPSA) is 89.0 Å². The third-order valence-corrected chi connectivity index (χ3v) is 5.67. The molecule has 0 radical (unpaired) electrons. The van der Waals surface area contributed by atoms with Gasteiger partial charge in [0.2, 0.25) is 0 Å². The van der Waals surface area contributed by atoms with Gasteiger partial charge in [-0.25, -0.2) is 0 Å². The monoisotopic (exact) mass is 498 g/mol. The first-order valence-corrected chi connectivity index (χ1v) is 10.7. The van der Waals surface area contributed by atoms with Crippen molar-refractivity contribution in [2.24, 2.45) is 0 Å². The number of pyridine rings is 1. The lowest BCUT2D eigenvalue weighted by Crippen LogP contribution is -2.29. The summed E-state index contributed by atoms with van der Waals surface area (Å²) in [5.41, 5.74) is 1.84. The lowest BCUT2D eigenvalue weighted by Gasteiger charge is -2.26. The van der Waals surface area contributed by atoms with Crippen LogP contribution >= 0.6 is 0 Å². The third kappa shape index (κ3) is 4.61. The Balaban J connectivity index is 1.95. The van der Waals surface area contributed by atoms with Gasteiger partial charge in [0.15, 0.2) is 0 Å². The van der Waals surface area contributed by atoms with Crippen molar-refractivity contribution in [2.45, 2.75) is 26.3 Å². The van der Waals surface area contributed by atoms with E-state index in [2.05, 4.69) is 9.72 Å². The zero-order valence-electron chi connectivity index (χ0n) is 19.5. The number of ether oxygens (including phenoxy) is 2. The molecule has 1 aliphatic heterocycles. The lowest BCUT2D eigenvalue weighted by atomic mass is 9.94. The first-order valence-electron chi connectivity index (χ1n) is 10.7. The van der Waals surface area contributed by atoms with Crippen molar-refractivity contribution in [3.63, 3.8) is 0 Å². The van der Waals surface area contributed by atoms with Crippen LogP contribution in [0.3, 0.4) is 0 Å². The van der Waals surface area contributed by atoms with Crippen molar-refractivity contribution in [3.8, 4) is 11.5 Å². The maximum atomic E-state index is 13.3. The number of aliphatic hydroxyl groups excluding tert-OH is 1. The van der Waals surface area contributed by atoms with Gasteiger partial charge in [-0.3, -0.25) is 19.5 Å². The largest absolute Gasteiger partial charge is 0.573 e. The minimum atomic E-state index is -4.95. The molecule has 4 rings (SSSR count). The number of aromatic nitrogens is 1. The van der Waals surface area contributed by atoms with Gasteiger partial charge < -0.3 is 14.6 Å². The van der Waals surface area contributed by atoms with Crippen LogP contribution in [0.4, 0.5) is 18.9 Å². The highest BCUT2D eigenvalue weighted by Gasteiger charge is 2.47. The normalized spacial score (nSPS) is 17.4. The van der Waals surface area contributed by atoms with Crippen LogP contribution < -0.4 is 14.4 Å². The molecule has 0 saturated carbocycles. The molecule has 7 nitrogen and oxygen atoms in total. The van der Waals surface area contributed by atoms with Gasteiger partial charge in [0, 0.05) is 24.1 Å². The second-order valence-corrected chi connectivity index (χ2v) is 8.16. The summed E-state index contributed by atoms with van der Waals surface area (Å²) >= 11 is 0. The van der Waals surface area contributed by atoms with E-state index >= 15 is 0 Å². The summed E-state index contributed by atoms with van der Waals surface area (Å²) in [7, 11) is 1.42. The van der Waals surface area contributed by atoms with Crippen molar-refractivity contribution in [1.82, 2.24) is 4.98 Å². The van der Waals surface area contributed by atoms with E-state index < -0.39 is 35.6 Å². The first-order chi connectivity index (χ1) is 17.0. The highest BCUT2D eigenvalue weighted by atomic mass is 19.4. The van der Waals surface area contributed by atoms with Crippen molar-refractivity contribution >= 4 is 23.1 Å². The van der Waals surface area contributed by atoms with Gasteiger partial charge in [0.05, 0.1) is 24.3 Å². The Labute approximate surface area is 204 Å². The summed E-state index contributed by atoms with van der Waals surface area (Å²) < 4.78 is 47.9. The van der Waals surface area contributed by atoms with Crippen LogP contribution in [-0.2, 0) is 9.59 Å². The second kappa shape index (κ2) is 9.37. The number of carbonyl (C=O) groups is 2. The molecule has 1 amide bonds. The average Bonchev–Trinajstić information content (AvgIpc) is 3.08. The fourth-order valence-corrected chi connectivity index (χ4v) is 4.34. The van der Waals surface area contributed by atoms with Crippen LogP contribution in [-0.4, -0.2) is 35.3 Å². The SMILES string of the molecule is COc1c(C)cc(C)cc1/C(O)=C1\C(=O)C(=O)N(c2cccc(OC(F)(F)F)c2)C1c1ccncc1. The number of methoxy groups -OCH3 is 1. The van der Waals surface area contributed by atoms with Gasteiger partial charge in [-0.15, -0.1) is 13.2 Å². The van der Waals surface area contributed by atoms with Gasteiger partial charge in [-0.2, -0.15) is 0 Å². The molecule has 186 valence electrons. The predicted octanol–water partition coefficient (Wildman–Crippen LogP) is 5.23. The maximum absolute atomic E-state index is 13.3. The molecule has 1 N–H and O–H groups in total. The Morgan fingerprint density at radius 3 is 2.39 bits per heavy atom. The fraction of sp³-hybridized carbons (Fsp3) is 0.192. The third-order valence-electron chi connectivity index (χ3n) is 5.67. The van der Waals surface area contributed by atoms with E-state index in [1.54, 1.807) is 32.0 Å². The standard InChI is InChI=1S/C26H21F3N2O5/c1-14-11-15(2)24(35-3)19(12-14)22(32)20-21(16-7-9-30-10-8-16)31(25(34)23(20)33)17-5-4-6-18(13-17)36-26(27,28)29/h4-13,21,32H,1-3H3/b22-20+. The summed E-state index contributed by atoms with van der Waals surface area (Å²) in [6.45, 7) is 3.57. The number of aryl methyl sites for hydroxylation is 2. The number of nitrogens with zero attached hydrogens (tertiary/aromatic N) is 2. The summed E-state index contributed by atoms with van der Waals surface area (Å²) in [6.07, 6.45) is -2.07. The molecule has 1 unspecified atom stereocenters. The molecule has 0 bridgehead atoms. The number of aliphatic hydroxyl groups is 1. The fourth-order valence-electron chi connectivity index (χ4n) is 4.34. The molecule has 3 aromatic rings. The van der Waals surface area contributed by atoms with Crippen molar-refractivity contribution in [2.75, 3.05) is 12.0 Å². The van der Waals surface area contributed by atoms with Crippen LogP contribution in [0.1, 0.15) is 28.3 Å². The highest BCUT2D eigenvalue weighted by molar-refractivity contribution is 6.51. The number of halogens is 3. The molecule has 1 fully saturated rings. The molecular weight excluding hydrogens is 477 g/mol. The lowest BCUT2D eigenvalue weighted by molar-refractivity contribution is -0.274. The molecule has 0 spiro atoms. The zero-order chi connectivity index (χ0) is 26.2. The number of carbonyl (C=O) groups excluding carboxylic acids is 2. The summed E-state index contributed by atoms with van der Waals surface area (Å²) in [5, 5.41) is 11.4. The van der Waals surface area contributed by atoms with E-state index in [1.807, 2.05) is 6.07 Å². The second-order valence-electron chi connectivity index (χ2n) is 8.16. The molecule has 1 aliphatic rings. The van der Waals surface area contributed by atoms with Crippen LogP contribution in [0.25, 0.3) is 5.76 Å². The first kappa shape index (κ1) is 24.8. The van der Waals surface area contributed by atoms with Crippen LogP contribution in [0.15, 0.2) is 66.5 Å². The number of anilines is 1. The Morgan fingerprint density at radius 1 is 1.06 bits per heavy atom. The molecular formula is C26H21F3N2O5. The molecule has 0 aliphatic carbocycles. The van der Waals surface area contributed by atoms with E-state index in [0.29, 0.717) is 16.9 Å². The molecule has 10 heteroatoms. The number of ketones is 1. The van der Waals surface area contributed by atoms with E-state index in [0.717, 1.165) is 22.6 Å².